The van der Waals surface area contributed by atoms with Crippen LogP contribution in [0.5, 0.6) is 0 Å². The molecule has 2 unspecified atom stereocenters. The van der Waals surface area contributed by atoms with Gasteiger partial charge in [0.25, 0.3) is 5.56 Å². The third-order valence-electron chi connectivity index (χ3n) is 3.93. The Kier molecular flexibility index (Phi) is 5.13. The van der Waals surface area contributed by atoms with Crippen LogP contribution in [-0.4, -0.2) is 39.2 Å². The van der Waals surface area contributed by atoms with Crippen molar-refractivity contribution in [2.75, 3.05) is 6.54 Å². The minimum Gasteiger partial charge on any atom is -0.393 e. The van der Waals surface area contributed by atoms with Gasteiger partial charge in [0, 0.05) is 24.8 Å². The number of aliphatic hydroxyl groups excluding tert-OH is 1. The van der Waals surface area contributed by atoms with Crippen molar-refractivity contribution in [3.63, 3.8) is 0 Å². The SMILES string of the molecule is CC(O)CC1CCCN1C(=O)Cn1cc(C(F)(F)F)ccc1=O. The molecule has 2 atom stereocenters. The zero-order valence-electron chi connectivity index (χ0n) is 12.7. The van der Waals surface area contributed by atoms with Crippen LogP contribution in [-0.2, 0) is 17.5 Å². The topological polar surface area (TPSA) is 62.5 Å². The molecule has 1 aromatic heterocycles. The van der Waals surface area contributed by atoms with Crippen LogP contribution in [0.4, 0.5) is 13.2 Å². The molecule has 1 saturated heterocycles. The fourth-order valence-corrected chi connectivity index (χ4v) is 2.86. The number of pyridine rings is 1. The molecular formula is C15H19F3N2O3. The van der Waals surface area contributed by atoms with Crippen molar-refractivity contribution in [1.82, 2.24) is 9.47 Å². The molecule has 1 aromatic rings. The predicted octanol–water partition coefficient (Wildman–Crippen LogP) is 1.63. The number of aromatic nitrogens is 1. The minimum atomic E-state index is -4.57. The third-order valence-corrected chi connectivity index (χ3v) is 3.93. The summed E-state index contributed by atoms with van der Waals surface area (Å²) in [5, 5.41) is 9.45. The molecule has 0 spiro atoms. The van der Waals surface area contributed by atoms with Gasteiger partial charge >= 0.3 is 6.18 Å². The molecule has 1 N–H and O–H groups in total. The lowest BCUT2D eigenvalue weighted by Crippen LogP contribution is -2.40. The predicted molar refractivity (Wildman–Crippen MR) is 76.7 cm³/mol. The van der Waals surface area contributed by atoms with E-state index in [4.69, 9.17) is 0 Å². The maximum atomic E-state index is 12.7. The zero-order valence-corrected chi connectivity index (χ0v) is 12.7. The molecule has 5 nitrogen and oxygen atoms in total. The highest BCUT2D eigenvalue weighted by molar-refractivity contribution is 5.76. The normalized spacial score (nSPS) is 19.9. The number of carbonyl (C=O) groups excluding carboxylic acids is 1. The summed E-state index contributed by atoms with van der Waals surface area (Å²) in [6.45, 7) is 1.68. The Hall–Kier alpha value is -1.83. The zero-order chi connectivity index (χ0) is 17.2. The number of likely N-dealkylation sites (tertiary alicyclic amines) is 1. The number of aliphatic hydroxyl groups is 1. The lowest BCUT2D eigenvalue weighted by molar-refractivity contribution is -0.139. The van der Waals surface area contributed by atoms with Gasteiger partial charge in [0.1, 0.15) is 6.54 Å². The van der Waals surface area contributed by atoms with Crippen molar-refractivity contribution in [3.8, 4) is 0 Å². The third kappa shape index (κ3) is 4.34. The van der Waals surface area contributed by atoms with Crippen LogP contribution in [0.3, 0.4) is 0 Å². The van der Waals surface area contributed by atoms with Gasteiger partial charge in [0.2, 0.25) is 5.91 Å². The van der Waals surface area contributed by atoms with Crippen LogP contribution in [0.1, 0.15) is 31.7 Å². The average Bonchev–Trinajstić information content (AvgIpc) is 2.87. The monoisotopic (exact) mass is 332 g/mol. The molecule has 1 fully saturated rings. The van der Waals surface area contributed by atoms with Gasteiger partial charge < -0.3 is 14.6 Å². The quantitative estimate of drug-likeness (QED) is 0.911. The summed E-state index contributed by atoms with van der Waals surface area (Å²) in [6.07, 6.45) is -2.52. The fraction of sp³-hybridized carbons (Fsp3) is 0.600. The van der Waals surface area contributed by atoms with Crippen LogP contribution in [0.15, 0.2) is 23.1 Å². The Balaban J connectivity index is 2.15. The van der Waals surface area contributed by atoms with Crippen molar-refractivity contribution < 1.29 is 23.1 Å². The molecule has 0 aromatic carbocycles. The Bertz CT molecular complexity index is 625. The molecule has 2 heterocycles. The number of hydrogen-bond donors (Lipinski definition) is 1. The molecule has 2 rings (SSSR count). The molecule has 23 heavy (non-hydrogen) atoms. The summed E-state index contributed by atoms with van der Waals surface area (Å²) in [6, 6.07) is 1.38. The van der Waals surface area contributed by atoms with E-state index < -0.39 is 35.9 Å². The first-order valence-electron chi connectivity index (χ1n) is 7.43. The maximum absolute atomic E-state index is 12.7. The van der Waals surface area contributed by atoms with Gasteiger partial charge in [0.05, 0.1) is 11.7 Å². The molecule has 8 heteroatoms. The first kappa shape index (κ1) is 17.5. The van der Waals surface area contributed by atoms with E-state index in [2.05, 4.69) is 0 Å². The van der Waals surface area contributed by atoms with Crippen molar-refractivity contribution in [2.24, 2.45) is 0 Å². The van der Waals surface area contributed by atoms with Crippen LogP contribution < -0.4 is 5.56 Å². The van der Waals surface area contributed by atoms with Gasteiger partial charge in [-0.15, -0.1) is 0 Å². The van der Waals surface area contributed by atoms with Crippen LogP contribution >= 0.6 is 0 Å². The molecule has 1 amide bonds. The molecule has 0 radical (unpaired) electrons. The molecule has 0 saturated carbocycles. The molecule has 1 aliphatic rings. The first-order valence-corrected chi connectivity index (χ1v) is 7.43. The van der Waals surface area contributed by atoms with Gasteiger partial charge in [-0.2, -0.15) is 13.2 Å². The van der Waals surface area contributed by atoms with E-state index in [1.54, 1.807) is 11.8 Å². The smallest absolute Gasteiger partial charge is 0.393 e. The second-order valence-corrected chi connectivity index (χ2v) is 5.85. The largest absolute Gasteiger partial charge is 0.417 e. The van der Waals surface area contributed by atoms with Crippen LogP contribution in [0.25, 0.3) is 0 Å². The molecular weight excluding hydrogens is 313 g/mol. The number of rotatable bonds is 4. The summed E-state index contributed by atoms with van der Waals surface area (Å²) in [5.74, 6) is -0.408. The van der Waals surface area contributed by atoms with Crippen molar-refractivity contribution >= 4 is 5.91 Å². The van der Waals surface area contributed by atoms with E-state index in [-0.39, 0.29) is 6.04 Å². The summed E-state index contributed by atoms with van der Waals surface area (Å²) >= 11 is 0. The van der Waals surface area contributed by atoms with Crippen LogP contribution in [0, 0.1) is 0 Å². The van der Waals surface area contributed by atoms with Gasteiger partial charge in [-0.3, -0.25) is 9.59 Å². The van der Waals surface area contributed by atoms with E-state index >= 15 is 0 Å². The fourth-order valence-electron chi connectivity index (χ4n) is 2.86. The van der Waals surface area contributed by atoms with E-state index in [0.717, 1.165) is 23.5 Å². The number of hydrogen-bond acceptors (Lipinski definition) is 3. The van der Waals surface area contributed by atoms with Gasteiger partial charge in [0.15, 0.2) is 0 Å². The van der Waals surface area contributed by atoms with Crippen molar-refractivity contribution in [2.45, 2.75) is 51.1 Å². The summed E-state index contributed by atoms with van der Waals surface area (Å²) in [5.41, 5.74) is -1.62. The molecule has 0 aliphatic carbocycles. The van der Waals surface area contributed by atoms with E-state index in [1.165, 1.54) is 0 Å². The lowest BCUT2D eigenvalue weighted by atomic mass is 10.1. The number of alkyl halides is 3. The second-order valence-electron chi connectivity index (χ2n) is 5.85. The van der Waals surface area contributed by atoms with Crippen molar-refractivity contribution in [1.29, 1.82) is 0 Å². The Labute approximate surface area is 131 Å². The van der Waals surface area contributed by atoms with Gasteiger partial charge in [-0.1, -0.05) is 0 Å². The Morgan fingerprint density at radius 2 is 2.13 bits per heavy atom. The summed E-state index contributed by atoms with van der Waals surface area (Å²) in [4.78, 5) is 25.6. The van der Waals surface area contributed by atoms with Gasteiger partial charge in [-0.05, 0) is 32.3 Å². The number of halogens is 3. The molecule has 128 valence electrons. The van der Waals surface area contributed by atoms with Gasteiger partial charge in [-0.25, -0.2) is 0 Å². The maximum Gasteiger partial charge on any atom is 0.417 e. The highest BCUT2D eigenvalue weighted by Gasteiger charge is 2.32. The number of amides is 1. The Morgan fingerprint density at radius 1 is 1.43 bits per heavy atom. The Morgan fingerprint density at radius 3 is 2.74 bits per heavy atom. The summed E-state index contributed by atoms with van der Waals surface area (Å²) in [7, 11) is 0. The highest BCUT2D eigenvalue weighted by Crippen LogP contribution is 2.28. The standard InChI is InChI=1S/C15H19F3N2O3/c1-10(21)7-12-3-2-6-20(12)14(23)9-19-8-11(15(16,17)18)4-5-13(19)22/h4-5,8,10,12,21H,2-3,6-7,9H2,1H3. The average molecular weight is 332 g/mol. The minimum absolute atomic E-state index is 0.135. The first-order chi connectivity index (χ1) is 10.7. The second kappa shape index (κ2) is 6.74. The van der Waals surface area contributed by atoms with E-state index in [9.17, 15) is 27.9 Å². The number of nitrogens with zero attached hydrogens (tertiary/aromatic N) is 2. The van der Waals surface area contributed by atoms with Crippen molar-refractivity contribution in [3.05, 3.63) is 34.2 Å². The molecule has 0 bridgehead atoms. The number of carbonyl (C=O) groups is 1. The lowest BCUT2D eigenvalue weighted by Gasteiger charge is -2.26. The van der Waals surface area contributed by atoms with E-state index in [1.807, 2.05) is 0 Å². The highest BCUT2D eigenvalue weighted by atomic mass is 19.4. The van der Waals surface area contributed by atoms with E-state index in [0.29, 0.717) is 25.2 Å². The summed E-state index contributed by atoms with van der Waals surface area (Å²) < 4.78 is 38.9. The van der Waals surface area contributed by atoms with Crippen LogP contribution in [0.2, 0.25) is 0 Å². The molecule has 1 aliphatic heterocycles.